The molecule has 0 aliphatic heterocycles. The Labute approximate surface area is 134 Å². The lowest BCUT2D eigenvalue weighted by Crippen LogP contribution is -2.20. The van der Waals surface area contributed by atoms with Crippen LogP contribution in [0.5, 0.6) is 0 Å². The molecule has 0 saturated heterocycles. The fraction of sp³-hybridized carbons (Fsp3) is 0.0714. The molecule has 0 aliphatic rings. The summed E-state index contributed by atoms with van der Waals surface area (Å²) in [6.45, 7) is 0. The first-order chi connectivity index (χ1) is 9.95. The summed E-state index contributed by atoms with van der Waals surface area (Å²) in [4.78, 5) is 12.2. The SMILES string of the molecule is Nc1ccc(Cl)cc1S(=O)CC(=O)Nc1cccc(Cl)c1. The highest BCUT2D eigenvalue weighted by Crippen LogP contribution is 2.22. The molecule has 0 aliphatic carbocycles. The van der Waals surface area contributed by atoms with E-state index in [0.29, 0.717) is 26.3 Å². The van der Waals surface area contributed by atoms with Crippen molar-refractivity contribution < 1.29 is 9.00 Å². The van der Waals surface area contributed by atoms with Gasteiger partial charge in [0, 0.05) is 21.4 Å². The minimum atomic E-state index is -1.57. The highest BCUT2D eigenvalue weighted by atomic mass is 35.5. The minimum absolute atomic E-state index is 0.211. The number of halogens is 2. The Bertz CT molecular complexity index is 707. The van der Waals surface area contributed by atoms with E-state index in [1.807, 2.05) is 0 Å². The molecular formula is C14H12Cl2N2O2S. The van der Waals surface area contributed by atoms with Crippen molar-refractivity contribution in [2.45, 2.75) is 4.90 Å². The lowest BCUT2D eigenvalue weighted by Gasteiger charge is -2.08. The summed E-state index contributed by atoms with van der Waals surface area (Å²) in [6, 6.07) is 11.4. The molecule has 7 heteroatoms. The molecule has 1 amide bonds. The predicted molar refractivity (Wildman–Crippen MR) is 87.2 cm³/mol. The molecule has 21 heavy (non-hydrogen) atoms. The normalized spacial score (nSPS) is 11.9. The number of carbonyl (C=O) groups is 1. The lowest BCUT2D eigenvalue weighted by atomic mass is 10.3. The number of carbonyl (C=O) groups excluding carboxylic acids is 1. The number of amides is 1. The van der Waals surface area contributed by atoms with E-state index in [1.54, 1.807) is 36.4 Å². The summed E-state index contributed by atoms with van der Waals surface area (Å²) in [5, 5.41) is 3.55. The van der Waals surface area contributed by atoms with Crippen molar-refractivity contribution in [3.05, 3.63) is 52.5 Å². The van der Waals surface area contributed by atoms with Crippen LogP contribution in [0.4, 0.5) is 11.4 Å². The maximum Gasteiger partial charge on any atom is 0.237 e. The Morgan fingerprint density at radius 3 is 2.57 bits per heavy atom. The number of hydrogen-bond acceptors (Lipinski definition) is 3. The lowest BCUT2D eigenvalue weighted by molar-refractivity contribution is -0.113. The maximum atomic E-state index is 12.2. The number of nitrogen functional groups attached to an aromatic ring is 1. The first-order valence-corrected chi connectivity index (χ1v) is 8.02. The summed E-state index contributed by atoms with van der Waals surface area (Å²) in [5.74, 6) is -0.605. The average molecular weight is 343 g/mol. The highest BCUT2D eigenvalue weighted by molar-refractivity contribution is 7.86. The van der Waals surface area contributed by atoms with Crippen molar-refractivity contribution in [2.75, 3.05) is 16.8 Å². The third-order valence-electron chi connectivity index (χ3n) is 2.59. The highest BCUT2D eigenvalue weighted by Gasteiger charge is 2.13. The van der Waals surface area contributed by atoms with Crippen LogP contribution in [-0.4, -0.2) is 15.9 Å². The average Bonchev–Trinajstić information content (AvgIpc) is 2.41. The van der Waals surface area contributed by atoms with Crippen LogP contribution in [0, 0.1) is 0 Å². The van der Waals surface area contributed by atoms with E-state index in [9.17, 15) is 9.00 Å². The van der Waals surface area contributed by atoms with Gasteiger partial charge in [-0.15, -0.1) is 0 Å². The number of rotatable bonds is 4. The van der Waals surface area contributed by atoms with Crippen LogP contribution in [0.3, 0.4) is 0 Å². The molecule has 2 aromatic rings. The van der Waals surface area contributed by atoms with Gasteiger partial charge in [-0.2, -0.15) is 0 Å². The van der Waals surface area contributed by atoms with Gasteiger partial charge in [0.25, 0.3) is 0 Å². The Balaban J connectivity index is 2.05. The third kappa shape index (κ3) is 4.46. The van der Waals surface area contributed by atoms with Gasteiger partial charge in [0.2, 0.25) is 5.91 Å². The Morgan fingerprint density at radius 2 is 1.86 bits per heavy atom. The molecule has 1 unspecified atom stereocenters. The van der Waals surface area contributed by atoms with Gasteiger partial charge in [0.15, 0.2) is 0 Å². The van der Waals surface area contributed by atoms with Gasteiger partial charge in [-0.25, -0.2) is 0 Å². The van der Waals surface area contributed by atoms with Gasteiger partial charge in [0.05, 0.1) is 15.7 Å². The van der Waals surface area contributed by atoms with Gasteiger partial charge in [0.1, 0.15) is 5.75 Å². The van der Waals surface area contributed by atoms with Gasteiger partial charge in [-0.3, -0.25) is 9.00 Å². The second kappa shape index (κ2) is 6.93. The van der Waals surface area contributed by atoms with Crippen LogP contribution < -0.4 is 11.1 Å². The van der Waals surface area contributed by atoms with Gasteiger partial charge >= 0.3 is 0 Å². The predicted octanol–water partition coefficient (Wildman–Crippen LogP) is 3.32. The van der Waals surface area contributed by atoms with E-state index >= 15 is 0 Å². The molecule has 0 saturated carbocycles. The van der Waals surface area contributed by atoms with Gasteiger partial charge in [-0.1, -0.05) is 29.3 Å². The van der Waals surface area contributed by atoms with E-state index in [2.05, 4.69) is 5.32 Å². The number of hydrogen-bond donors (Lipinski definition) is 2. The van der Waals surface area contributed by atoms with Crippen LogP contribution in [0.1, 0.15) is 0 Å². The Kier molecular flexibility index (Phi) is 5.22. The second-order valence-corrected chi connectivity index (χ2v) is 6.52. The summed E-state index contributed by atoms with van der Waals surface area (Å²) >= 11 is 11.7. The molecule has 4 nitrogen and oxygen atoms in total. The summed E-state index contributed by atoms with van der Waals surface area (Å²) in [6.07, 6.45) is 0. The summed E-state index contributed by atoms with van der Waals surface area (Å²) < 4.78 is 12.2. The van der Waals surface area contributed by atoms with Crippen LogP contribution >= 0.6 is 23.2 Å². The molecule has 0 bridgehead atoms. The zero-order valence-electron chi connectivity index (χ0n) is 10.8. The number of nitrogens with two attached hydrogens (primary N) is 1. The Hall–Kier alpha value is -1.56. The quantitative estimate of drug-likeness (QED) is 0.837. The van der Waals surface area contributed by atoms with E-state index in [4.69, 9.17) is 28.9 Å². The van der Waals surface area contributed by atoms with Crippen LogP contribution in [0.2, 0.25) is 10.0 Å². The van der Waals surface area contributed by atoms with E-state index in [-0.39, 0.29) is 5.75 Å². The molecule has 0 spiro atoms. The zero-order chi connectivity index (χ0) is 15.4. The molecule has 3 N–H and O–H groups in total. The zero-order valence-corrected chi connectivity index (χ0v) is 13.1. The maximum absolute atomic E-state index is 12.2. The second-order valence-electron chi connectivity index (χ2n) is 4.23. The molecule has 0 heterocycles. The topological polar surface area (TPSA) is 72.2 Å². The molecule has 2 aromatic carbocycles. The first kappa shape index (κ1) is 15.8. The minimum Gasteiger partial charge on any atom is -0.398 e. The van der Waals surface area contributed by atoms with Gasteiger partial charge < -0.3 is 11.1 Å². The van der Waals surface area contributed by atoms with Crippen molar-refractivity contribution in [1.82, 2.24) is 0 Å². The van der Waals surface area contributed by atoms with E-state index in [0.717, 1.165) is 0 Å². The summed E-state index contributed by atoms with van der Waals surface area (Å²) in [5.41, 5.74) is 6.62. The van der Waals surface area contributed by atoms with Crippen molar-refractivity contribution in [2.24, 2.45) is 0 Å². The molecule has 0 radical (unpaired) electrons. The van der Waals surface area contributed by atoms with Gasteiger partial charge in [-0.05, 0) is 36.4 Å². The number of benzene rings is 2. The van der Waals surface area contributed by atoms with Crippen molar-refractivity contribution in [3.8, 4) is 0 Å². The van der Waals surface area contributed by atoms with Crippen LogP contribution in [0.15, 0.2) is 47.4 Å². The first-order valence-electron chi connectivity index (χ1n) is 5.94. The fourth-order valence-corrected chi connectivity index (χ4v) is 3.15. The monoisotopic (exact) mass is 342 g/mol. The molecule has 1 atom stereocenters. The van der Waals surface area contributed by atoms with Crippen molar-refractivity contribution in [3.63, 3.8) is 0 Å². The largest absolute Gasteiger partial charge is 0.398 e. The van der Waals surface area contributed by atoms with Crippen molar-refractivity contribution >= 4 is 51.3 Å². The van der Waals surface area contributed by atoms with E-state index in [1.165, 1.54) is 6.07 Å². The molecule has 0 aromatic heterocycles. The Morgan fingerprint density at radius 1 is 1.14 bits per heavy atom. The third-order valence-corrected chi connectivity index (χ3v) is 4.43. The summed E-state index contributed by atoms with van der Waals surface area (Å²) in [7, 11) is -1.57. The molecular weight excluding hydrogens is 331 g/mol. The smallest absolute Gasteiger partial charge is 0.237 e. The molecule has 2 rings (SSSR count). The van der Waals surface area contributed by atoms with Crippen LogP contribution in [0.25, 0.3) is 0 Å². The molecule has 110 valence electrons. The fourth-order valence-electron chi connectivity index (χ4n) is 1.67. The number of nitrogens with one attached hydrogen (secondary N) is 1. The van der Waals surface area contributed by atoms with Crippen molar-refractivity contribution in [1.29, 1.82) is 0 Å². The number of anilines is 2. The standard InChI is InChI=1S/C14H12Cl2N2O2S/c15-9-2-1-3-11(6-9)18-14(19)8-21(20)13-7-10(16)4-5-12(13)17/h1-7H,8,17H2,(H,18,19). The molecule has 0 fully saturated rings. The van der Waals surface area contributed by atoms with E-state index < -0.39 is 16.7 Å². The van der Waals surface area contributed by atoms with Crippen LogP contribution in [-0.2, 0) is 15.6 Å².